The highest BCUT2D eigenvalue weighted by Crippen LogP contribution is 2.27. The molecule has 0 spiro atoms. The summed E-state index contributed by atoms with van der Waals surface area (Å²) < 4.78 is 12.5. The summed E-state index contributed by atoms with van der Waals surface area (Å²) in [4.78, 5) is 11.2. The monoisotopic (exact) mass is 212 g/mol. The van der Waals surface area contributed by atoms with E-state index in [4.69, 9.17) is 9.47 Å². The number of nitrogens with one attached hydrogen (secondary N) is 1. The number of methoxy groups -OCH3 is 1. The van der Waals surface area contributed by atoms with Crippen molar-refractivity contribution in [3.8, 4) is 0 Å². The molecule has 1 aliphatic heterocycles. The molecular formula is C10H16N2O3. The van der Waals surface area contributed by atoms with Gasteiger partial charge in [0.25, 0.3) is 5.56 Å². The summed E-state index contributed by atoms with van der Waals surface area (Å²) in [6, 6.07) is 0. The molecule has 5 nitrogen and oxygen atoms in total. The van der Waals surface area contributed by atoms with Gasteiger partial charge >= 0.3 is 0 Å². The van der Waals surface area contributed by atoms with Crippen molar-refractivity contribution in [1.82, 2.24) is 9.78 Å². The summed E-state index contributed by atoms with van der Waals surface area (Å²) in [6.45, 7) is 2.40. The Morgan fingerprint density at radius 1 is 1.67 bits per heavy atom. The van der Waals surface area contributed by atoms with Crippen molar-refractivity contribution >= 4 is 0 Å². The maximum Gasteiger partial charge on any atom is 0.267 e. The van der Waals surface area contributed by atoms with E-state index in [1.807, 2.05) is 0 Å². The molecule has 0 radical (unpaired) electrons. The Morgan fingerprint density at radius 2 is 2.47 bits per heavy atom. The number of ether oxygens (including phenoxy) is 2. The van der Waals surface area contributed by atoms with Crippen LogP contribution in [0.3, 0.4) is 0 Å². The maximum atomic E-state index is 11.2. The first-order chi connectivity index (χ1) is 7.20. The van der Waals surface area contributed by atoms with E-state index in [1.54, 1.807) is 24.9 Å². The van der Waals surface area contributed by atoms with Gasteiger partial charge in [0.2, 0.25) is 0 Å². The zero-order valence-corrected chi connectivity index (χ0v) is 9.03. The maximum absolute atomic E-state index is 11.2. The standard InChI is InChI=1S/C10H16N2O3/c1-7-5-12(11-10(7)13)9-4-3-8(15-9)6-14-2/h5,8-9H,3-4,6H2,1-2H3,(H,11,13)/t8-,9+/m1/s1. The van der Waals surface area contributed by atoms with E-state index in [0.29, 0.717) is 12.2 Å². The Balaban J connectivity index is 2.04. The van der Waals surface area contributed by atoms with Gasteiger partial charge in [0.05, 0.1) is 12.7 Å². The van der Waals surface area contributed by atoms with Crippen molar-refractivity contribution in [3.05, 3.63) is 22.1 Å². The number of H-pyrrole nitrogens is 1. The van der Waals surface area contributed by atoms with Crippen molar-refractivity contribution in [2.24, 2.45) is 0 Å². The van der Waals surface area contributed by atoms with Crippen LogP contribution < -0.4 is 5.56 Å². The minimum absolute atomic E-state index is 0.0474. The van der Waals surface area contributed by atoms with E-state index in [0.717, 1.165) is 12.8 Å². The fourth-order valence-electron chi connectivity index (χ4n) is 1.86. The highest BCUT2D eigenvalue weighted by atomic mass is 16.5. The SMILES string of the molecule is COC[C@H]1CC[C@@H](n2cc(C)c(=O)[nH]2)O1. The normalized spacial score (nSPS) is 26.0. The Morgan fingerprint density at radius 3 is 3.07 bits per heavy atom. The fourth-order valence-corrected chi connectivity index (χ4v) is 1.86. The molecule has 1 fully saturated rings. The molecule has 0 aliphatic carbocycles. The average molecular weight is 212 g/mol. The van der Waals surface area contributed by atoms with Gasteiger partial charge in [-0.2, -0.15) is 0 Å². The third-order valence-corrected chi connectivity index (χ3v) is 2.67. The third-order valence-electron chi connectivity index (χ3n) is 2.67. The molecule has 2 heterocycles. The van der Waals surface area contributed by atoms with E-state index in [9.17, 15) is 4.79 Å². The first-order valence-corrected chi connectivity index (χ1v) is 5.13. The Kier molecular flexibility index (Phi) is 2.93. The topological polar surface area (TPSA) is 56.2 Å². The molecule has 5 heteroatoms. The predicted molar refractivity (Wildman–Crippen MR) is 54.8 cm³/mol. The van der Waals surface area contributed by atoms with Crippen molar-refractivity contribution in [2.45, 2.75) is 32.1 Å². The van der Waals surface area contributed by atoms with E-state index in [2.05, 4.69) is 5.10 Å². The van der Waals surface area contributed by atoms with Gasteiger partial charge in [-0.15, -0.1) is 0 Å². The van der Waals surface area contributed by atoms with Crippen LogP contribution in [0.25, 0.3) is 0 Å². The predicted octanol–water partition coefficient (Wildman–Crippen LogP) is 0.809. The molecule has 0 saturated carbocycles. The summed E-state index contributed by atoms with van der Waals surface area (Å²) in [6.07, 6.45) is 3.77. The molecule has 0 bridgehead atoms. The van der Waals surface area contributed by atoms with Gasteiger partial charge in [-0.25, -0.2) is 0 Å². The molecule has 1 aliphatic rings. The number of aromatic amines is 1. The largest absolute Gasteiger partial charge is 0.382 e. The van der Waals surface area contributed by atoms with Crippen molar-refractivity contribution in [3.63, 3.8) is 0 Å². The first-order valence-electron chi connectivity index (χ1n) is 5.13. The second-order valence-electron chi connectivity index (χ2n) is 3.91. The van der Waals surface area contributed by atoms with Gasteiger partial charge in [0.1, 0.15) is 6.23 Å². The van der Waals surface area contributed by atoms with Crippen LogP contribution in [-0.4, -0.2) is 29.6 Å². The lowest BCUT2D eigenvalue weighted by Gasteiger charge is -2.13. The van der Waals surface area contributed by atoms with Crippen LogP contribution in [0, 0.1) is 6.92 Å². The van der Waals surface area contributed by atoms with E-state index >= 15 is 0 Å². The molecule has 2 rings (SSSR count). The summed E-state index contributed by atoms with van der Waals surface area (Å²) in [5.41, 5.74) is 0.669. The molecule has 0 unspecified atom stereocenters. The van der Waals surface area contributed by atoms with E-state index in [-0.39, 0.29) is 17.9 Å². The van der Waals surface area contributed by atoms with Gasteiger partial charge in [0.15, 0.2) is 0 Å². The Hall–Kier alpha value is -1.07. The van der Waals surface area contributed by atoms with Crippen LogP contribution in [0.5, 0.6) is 0 Å². The second kappa shape index (κ2) is 4.20. The van der Waals surface area contributed by atoms with Crippen LogP contribution in [-0.2, 0) is 9.47 Å². The summed E-state index contributed by atoms with van der Waals surface area (Å²) in [5, 5.41) is 2.74. The average Bonchev–Trinajstić information content (AvgIpc) is 2.76. The lowest BCUT2D eigenvalue weighted by atomic mass is 10.2. The number of rotatable bonds is 3. The molecule has 0 amide bonds. The molecule has 15 heavy (non-hydrogen) atoms. The first kappa shape index (κ1) is 10.4. The molecule has 84 valence electrons. The quantitative estimate of drug-likeness (QED) is 0.806. The Bertz CT molecular complexity index is 382. The highest BCUT2D eigenvalue weighted by molar-refractivity contribution is 5.01. The van der Waals surface area contributed by atoms with Crippen LogP contribution in [0.2, 0.25) is 0 Å². The second-order valence-corrected chi connectivity index (χ2v) is 3.91. The van der Waals surface area contributed by atoms with Gasteiger partial charge in [0, 0.05) is 18.9 Å². The number of nitrogens with zero attached hydrogens (tertiary/aromatic N) is 1. The summed E-state index contributed by atoms with van der Waals surface area (Å²) in [5.74, 6) is 0. The van der Waals surface area contributed by atoms with Crippen LogP contribution in [0.4, 0.5) is 0 Å². The van der Waals surface area contributed by atoms with Crippen LogP contribution in [0.1, 0.15) is 24.6 Å². The zero-order valence-electron chi connectivity index (χ0n) is 9.03. The van der Waals surface area contributed by atoms with Crippen LogP contribution >= 0.6 is 0 Å². The van der Waals surface area contributed by atoms with Gasteiger partial charge < -0.3 is 9.47 Å². The van der Waals surface area contributed by atoms with Gasteiger partial charge in [-0.1, -0.05) is 0 Å². The van der Waals surface area contributed by atoms with Crippen molar-refractivity contribution in [1.29, 1.82) is 0 Å². The third kappa shape index (κ3) is 2.13. The van der Waals surface area contributed by atoms with E-state index < -0.39 is 0 Å². The summed E-state index contributed by atoms with van der Waals surface area (Å²) >= 11 is 0. The molecule has 1 saturated heterocycles. The smallest absolute Gasteiger partial charge is 0.267 e. The summed E-state index contributed by atoms with van der Waals surface area (Å²) in [7, 11) is 1.67. The number of hydrogen-bond donors (Lipinski definition) is 1. The van der Waals surface area contributed by atoms with Gasteiger partial charge in [-0.05, 0) is 19.8 Å². The number of aromatic nitrogens is 2. The minimum atomic E-state index is -0.0495. The highest BCUT2D eigenvalue weighted by Gasteiger charge is 2.26. The molecule has 1 N–H and O–H groups in total. The lowest BCUT2D eigenvalue weighted by molar-refractivity contribution is -0.0369. The van der Waals surface area contributed by atoms with Crippen LogP contribution in [0.15, 0.2) is 11.0 Å². The zero-order chi connectivity index (χ0) is 10.8. The Labute approximate surface area is 88.0 Å². The van der Waals surface area contributed by atoms with Crippen molar-refractivity contribution < 1.29 is 9.47 Å². The molecule has 0 aromatic carbocycles. The molecule has 1 aromatic rings. The fraction of sp³-hybridized carbons (Fsp3) is 0.700. The van der Waals surface area contributed by atoms with E-state index in [1.165, 1.54) is 0 Å². The lowest BCUT2D eigenvalue weighted by Crippen LogP contribution is -2.17. The molecule has 1 aromatic heterocycles. The van der Waals surface area contributed by atoms with Gasteiger partial charge in [-0.3, -0.25) is 14.6 Å². The number of hydrogen-bond acceptors (Lipinski definition) is 3. The van der Waals surface area contributed by atoms with Crippen molar-refractivity contribution in [2.75, 3.05) is 13.7 Å². The number of aryl methyl sites for hydroxylation is 1. The molecule has 2 atom stereocenters. The molecular weight excluding hydrogens is 196 g/mol. The minimum Gasteiger partial charge on any atom is -0.382 e.